The van der Waals surface area contributed by atoms with Crippen LogP contribution in [0.2, 0.25) is 0 Å². The highest BCUT2D eigenvalue weighted by Crippen LogP contribution is 2.27. The third kappa shape index (κ3) is 4.12. The van der Waals surface area contributed by atoms with Crippen LogP contribution in [0.15, 0.2) is 0 Å². The zero-order valence-corrected chi connectivity index (χ0v) is 10.7. The quantitative estimate of drug-likeness (QED) is 0.758. The topological polar surface area (TPSA) is 29.3 Å². The van der Waals surface area contributed by atoms with Crippen molar-refractivity contribution in [2.45, 2.75) is 52.0 Å². The van der Waals surface area contributed by atoms with E-state index in [0.29, 0.717) is 5.92 Å². The van der Waals surface area contributed by atoms with E-state index >= 15 is 0 Å². The molecule has 15 heavy (non-hydrogen) atoms. The second-order valence-corrected chi connectivity index (χ2v) is 5.38. The number of rotatable bonds is 5. The Hall–Kier alpha value is -0.0800. The van der Waals surface area contributed by atoms with Gasteiger partial charge in [0.2, 0.25) is 0 Å². The molecule has 0 amide bonds. The first-order chi connectivity index (χ1) is 7.17. The van der Waals surface area contributed by atoms with Gasteiger partial charge in [-0.25, -0.2) is 0 Å². The van der Waals surface area contributed by atoms with Crippen molar-refractivity contribution in [2.24, 2.45) is 17.6 Å². The fourth-order valence-corrected chi connectivity index (χ4v) is 2.73. The molecule has 0 radical (unpaired) electrons. The molecule has 1 aliphatic rings. The predicted octanol–water partition coefficient (Wildman–Crippen LogP) is 2.48. The molecule has 90 valence electrons. The van der Waals surface area contributed by atoms with Gasteiger partial charge in [-0.05, 0) is 38.3 Å². The molecular weight excluding hydrogens is 184 g/mol. The van der Waals surface area contributed by atoms with Crippen molar-refractivity contribution >= 4 is 0 Å². The van der Waals surface area contributed by atoms with Gasteiger partial charge in [-0.2, -0.15) is 0 Å². The van der Waals surface area contributed by atoms with E-state index in [0.717, 1.165) is 18.5 Å². The van der Waals surface area contributed by atoms with Crippen molar-refractivity contribution in [3.05, 3.63) is 0 Å². The lowest BCUT2D eigenvalue weighted by Crippen LogP contribution is -2.39. The molecule has 1 rings (SSSR count). The van der Waals surface area contributed by atoms with Gasteiger partial charge in [-0.1, -0.05) is 33.1 Å². The molecule has 2 N–H and O–H groups in total. The predicted molar refractivity (Wildman–Crippen MR) is 66.9 cm³/mol. The van der Waals surface area contributed by atoms with Gasteiger partial charge in [0.15, 0.2) is 0 Å². The SMILES string of the molecule is CCC(CN)CN(C)C1CCCC(C)C1. The average molecular weight is 212 g/mol. The van der Waals surface area contributed by atoms with E-state index < -0.39 is 0 Å². The van der Waals surface area contributed by atoms with E-state index in [2.05, 4.69) is 25.8 Å². The van der Waals surface area contributed by atoms with E-state index in [-0.39, 0.29) is 0 Å². The molecule has 0 bridgehead atoms. The van der Waals surface area contributed by atoms with Gasteiger partial charge in [0.25, 0.3) is 0 Å². The summed E-state index contributed by atoms with van der Waals surface area (Å²) in [5.41, 5.74) is 5.76. The van der Waals surface area contributed by atoms with Crippen LogP contribution < -0.4 is 5.73 Å². The van der Waals surface area contributed by atoms with Crippen LogP contribution in [0.3, 0.4) is 0 Å². The summed E-state index contributed by atoms with van der Waals surface area (Å²) >= 11 is 0. The zero-order valence-electron chi connectivity index (χ0n) is 10.7. The normalized spacial score (nSPS) is 29.4. The molecule has 3 atom stereocenters. The third-order valence-electron chi connectivity index (χ3n) is 3.99. The van der Waals surface area contributed by atoms with Crippen molar-refractivity contribution in [2.75, 3.05) is 20.1 Å². The molecule has 1 aliphatic carbocycles. The molecule has 0 spiro atoms. The summed E-state index contributed by atoms with van der Waals surface area (Å²) in [6.07, 6.45) is 6.83. The number of hydrogen-bond acceptors (Lipinski definition) is 2. The average Bonchev–Trinajstić information content (AvgIpc) is 2.25. The van der Waals surface area contributed by atoms with Crippen LogP contribution in [0.25, 0.3) is 0 Å². The molecule has 0 aromatic carbocycles. The highest BCUT2D eigenvalue weighted by atomic mass is 15.1. The first-order valence-corrected chi connectivity index (χ1v) is 6.57. The molecule has 1 fully saturated rings. The fraction of sp³-hybridized carbons (Fsp3) is 1.00. The Kier molecular flexibility index (Phi) is 5.62. The lowest BCUT2D eigenvalue weighted by molar-refractivity contribution is 0.144. The molecule has 0 heterocycles. The minimum Gasteiger partial charge on any atom is -0.330 e. The van der Waals surface area contributed by atoms with Crippen LogP contribution in [-0.2, 0) is 0 Å². The van der Waals surface area contributed by atoms with Crippen LogP contribution in [0.5, 0.6) is 0 Å². The first kappa shape index (κ1) is 13.0. The summed E-state index contributed by atoms with van der Waals surface area (Å²) in [6.45, 7) is 6.66. The Bertz CT molecular complexity index is 166. The molecule has 0 aromatic rings. The molecule has 3 unspecified atom stereocenters. The van der Waals surface area contributed by atoms with Gasteiger partial charge in [0, 0.05) is 12.6 Å². The Morgan fingerprint density at radius 1 is 1.40 bits per heavy atom. The number of hydrogen-bond donors (Lipinski definition) is 1. The van der Waals surface area contributed by atoms with Crippen LogP contribution in [0.4, 0.5) is 0 Å². The summed E-state index contributed by atoms with van der Waals surface area (Å²) in [6, 6.07) is 0.814. The highest BCUT2D eigenvalue weighted by molar-refractivity contribution is 4.78. The minimum atomic E-state index is 0.687. The summed E-state index contributed by atoms with van der Waals surface area (Å²) in [4.78, 5) is 2.55. The number of nitrogens with two attached hydrogens (primary N) is 1. The lowest BCUT2D eigenvalue weighted by Gasteiger charge is -2.35. The smallest absolute Gasteiger partial charge is 0.00948 e. The van der Waals surface area contributed by atoms with Crippen molar-refractivity contribution in [3.8, 4) is 0 Å². The van der Waals surface area contributed by atoms with Gasteiger partial charge in [-0.3, -0.25) is 0 Å². The first-order valence-electron chi connectivity index (χ1n) is 6.57. The highest BCUT2D eigenvalue weighted by Gasteiger charge is 2.23. The summed E-state index contributed by atoms with van der Waals surface area (Å²) < 4.78 is 0. The third-order valence-corrected chi connectivity index (χ3v) is 3.99. The lowest BCUT2D eigenvalue weighted by atomic mass is 9.86. The van der Waals surface area contributed by atoms with Gasteiger partial charge in [0.1, 0.15) is 0 Å². The molecule has 2 heteroatoms. The van der Waals surface area contributed by atoms with E-state index in [1.165, 1.54) is 38.6 Å². The van der Waals surface area contributed by atoms with E-state index in [9.17, 15) is 0 Å². The van der Waals surface area contributed by atoms with Crippen LogP contribution in [0, 0.1) is 11.8 Å². The number of nitrogens with zero attached hydrogens (tertiary/aromatic N) is 1. The summed E-state index contributed by atoms with van der Waals surface area (Å²) in [5.74, 6) is 1.61. The van der Waals surface area contributed by atoms with E-state index in [4.69, 9.17) is 5.73 Å². The van der Waals surface area contributed by atoms with Crippen molar-refractivity contribution in [3.63, 3.8) is 0 Å². The van der Waals surface area contributed by atoms with Crippen LogP contribution >= 0.6 is 0 Å². The van der Waals surface area contributed by atoms with Crippen LogP contribution in [-0.4, -0.2) is 31.1 Å². The van der Waals surface area contributed by atoms with Crippen molar-refractivity contribution < 1.29 is 0 Å². The standard InChI is InChI=1S/C13H28N2/c1-4-12(9-14)10-15(3)13-7-5-6-11(2)8-13/h11-13H,4-10,14H2,1-3H3. The Morgan fingerprint density at radius 2 is 2.13 bits per heavy atom. The molecule has 0 saturated heterocycles. The fourth-order valence-electron chi connectivity index (χ4n) is 2.73. The Labute approximate surface area is 95.2 Å². The summed E-state index contributed by atoms with van der Waals surface area (Å²) in [7, 11) is 2.28. The second kappa shape index (κ2) is 6.49. The summed E-state index contributed by atoms with van der Waals surface area (Å²) in [5, 5.41) is 0. The van der Waals surface area contributed by atoms with E-state index in [1.807, 2.05) is 0 Å². The molecule has 0 aromatic heterocycles. The van der Waals surface area contributed by atoms with Crippen LogP contribution in [0.1, 0.15) is 46.0 Å². The van der Waals surface area contributed by atoms with Gasteiger partial charge < -0.3 is 10.6 Å². The minimum absolute atomic E-state index is 0.687. The molecule has 1 saturated carbocycles. The molecule has 2 nitrogen and oxygen atoms in total. The zero-order chi connectivity index (χ0) is 11.3. The maximum atomic E-state index is 5.76. The van der Waals surface area contributed by atoms with Gasteiger partial charge in [0.05, 0.1) is 0 Å². The van der Waals surface area contributed by atoms with Gasteiger partial charge >= 0.3 is 0 Å². The largest absolute Gasteiger partial charge is 0.330 e. The Morgan fingerprint density at radius 3 is 2.67 bits per heavy atom. The second-order valence-electron chi connectivity index (χ2n) is 5.38. The van der Waals surface area contributed by atoms with Crippen molar-refractivity contribution in [1.29, 1.82) is 0 Å². The van der Waals surface area contributed by atoms with E-state index in [1.54, 1.807) is 0 Å². The maximum absolute atomic E-state index is 5.76. The van der Waals surface area contributed by atoms with Gasteiger partial charge in [-0.15, -0.1) is 0 Å². The molecule has 0 aliphatic heterocycles. The molecular formula is C13H28N2. The van der Waals surface area contributed by atoms with Crippen molar-refractivity contribution in [1.82, 2.24) is 4.90 Å². The monoisotopic (exact) mass is 212 g/mol. The Balaban J connectivity index is 2.34. The maximum Gasteiger partial charge on any atom is 0.00948 e.